The van der Waals surface area contributed by atoms with Crippen molar-refractivity contribution in [3.63, 3.8) is 0 Å². The summed E-state index contributed by atoms with van der Waals surface area (Å²) in [5.74, 6) is 1.03. The van der Waals surface area contributed by atoms with Gasteiger partial charge in [-0.15, -0.1) is 0 Å². The van der Waals surface area contributed by atoms with Gasteiger partial charge in [-0.2, -0.15) is 0 Å². The predicted molar refractivity (Wildman–Crippen MR) is 67.9 cm³/mol. The third kappa shape index (κ3) is 1.40. The van der Waals surface area contributed by atoms with E-state index in [4.69, 9.17) is 4.42 Å². The van der Waals surface area contributed by atoms with Crippen molar-refractivity contribution in [2.24, 2.45) is 0 Å². The summed E-state index contributed by atoms with van der Waals surface area (Å²) in [5, 5.41) is 1.22. The van der Waals surface area contributed by atoms with Crippen LogP contribution in [0.15, 0.2) is 28.7 Å². The van der Waals surface area contributed by atoms with Gasteiger partial charge < -0.3 is 4.42 Å². The van der Waals surface area contributed by atoms with Crippen LogP contribution >= 0.6 is 0 Å². The van der Waals surface area contributed by atoms with E-state index in [0.717, 1.165) is 24.0 Å². The summed E-state index contributed by atoms with van der Waals surface area (Å²) >= 11 is 0. The molecule has 2 aliphatic rings. The standard InChI is InChI=1S/C15H14O/c1-11-7-5-6-9-13-12-8-3-2-4-10-14(12)16-15(11)13/h2-3,6-10H,4-5H2,1H3. The summed E-state index contributed by atoms with van der Waals surface area (Å²) in [5.41, 5.74) is 3.47. The van der Waals surface area contributed by atoms with E-state index in [1.165, 1.54) is 16.4 Å². The van der Waals surface area contributed by atoms with E-state index in [-0.39, 0.29) is 0 Å². The van der Waals surface area contributed by atoms with Crippen molar-refractivity contribution in [1.82, 2.24) is 0 Å². The van der Waals surface area contributed by atoms with Crippen molar-refractivity contribution < 1.29 is 4.42 Å². The third-order valence-corrected chi connectivity index (χ3v) is 3.05. The van der Waals surface area contributed by atoms with Crippen LogP contribution in [-0.2, 0) is 0 Å². The van der Waals surface area contributed by atoms with Crippen molar-refractivity contribution >= 4 is 23.8 Å². The average molecular weight is 210 g/mol. The van der Waals surface area contributed by atoms with Gasteiger partial charge in [-0.1, -0.05) is 36.5 Å². The highest BCUT2D eigenvalue weighted by Crippen LogP contribution is 2.20. The normalized spacial score (nSPS) is 17.4. The van der Waals surface area contributed by atoms with Crippen LogP contribution in [0.3, 0.4) is 0 Å². The first-order valence-corrected chi connectivity index (χ1v) is 5.70. The zero-order valence-electron chi connectivity index (χ0n) is 9.36. The molecule has 0 fully saturated rings. The fraction of sp³-hybridized carbons (Fsp3) is 0.200. The van der Waals surface area contributed by atoms with E-state index in [2.05, 4.69) is 49.5 Å². The zero-order chi connectivity index (χ0) is 11.0. The molecule has 0 unspecified atom stereocenters. The topological polar surface area (TPSA) is 13.1 Å². The highest BCUT2D eigenvalue weighted by molar-refractivity contribution is 5.73. The average Bonchev–Trinajstić information content (AvgIpc) is 2.47. The van der Waals surface area contributed by atoms with Crippen LogP contribution in [-0.4, -0.2) is 0 Å². The SMILES string of the molecule is CC1=CCC=Cc2c1oc1c2=CC=CCC=1. The molecule has 1 aromatic rings. The second-order valence-corrected chi connectivity index (χ2v) is 4.18. The minimum Gasteiger partial charge on any atom is -0.456 e. The molecular formula is C15H14O. The van der Waals surface area contributed by atoms with Gasteiger partial charge in [0, 0.05) is 10.8 Å². The molecule has 80 valence electrons. The minimum absolute atomic E-state index is 0.947. The molecule has 0 spiro atoms. The lowest BCUT2D eigenvalue weighted by Crippen LogP contribution is -2.20. The fourth-order valence-electron chi connectivity index (χ4n) is 2.20. The van der Waals surface area contributed by atoms with Gasteiger partial charge in [0.25, 0.3) is 0 Å². The summed E-state index contributed by atoms with van der Waals surface area (Å²) in [7, 11) is 0. The minimum atomic E-state index is 0.947. The third-order valence-electron chi connectivity index (χ3n) is 3.05. The van der Waals surface area contributed by atoms with Crippen molar-refractivity contribution in [2.75, 3.05) is 0 Å². The van der Waals surface area contributed by atoms with Gasteiger partial charge in [0.2, 0.25) is 0 Å². The molecule has 1 aromatic heterocycles. The molecule has 0 radical (unpaired) electrons. The van der Waals surface area contributed by atoms with Gasteiger partial charge in [-0.3, -0.25) is 0 Å². The Labute approximate surface area is 94.8 Å². The van der Waals surface area contributed by atoms with Crippen molar-refractivity contribution in [3.05, 3.63) is 46.3 Å². The Morgan fingerprint density at radius 2 is 2.00 bits per heavy atom. The van der Waals surface area contributed by atoms with Crippen LogP contribution in [0.4, 0.5) is 0 Å². The number of fused-ring (bicyclic) bond motifs is 3. The molecule has 0 saturated carbocycles. The van der Waals surface area contributed by atoms with Crippen LogP contribution in [0.5, 0.6) is 0 Å². The molecule has 3 rings (SSSR count). The largest absolute Gasteiger partial charge is 0.456 e. The quantitative estimate of drug-likeness (QED) is 0.641. The molecule has 0 aliphatic heterocycles. The van der Waals surface area contributed by atoms with E-state index in [1.807, 2.05) is 0 Å². The van der Waals surface area contributed by atoms with Crippen LogP contribution in [0.25, 0.3) is 23.8 Å². The molecule has 2 aliphatic carbocycles. The lowest BCUT2D eigenvalue weighted by molar-refractivity contribution is 0.516. The molecule has 0 bridgehead atoms. The number of allylic oxidation sites excluding steroid dienone is 5. The molecule has 0 atom stereocenters. The first-order chi connectivity index (χ1) is 7.86. The maximum Gasteiger partial charge on any atom is 0.137 e. The smallest absolute Gasteiger partial charge is 0.137 e. The highest BCUT2D eigenvalue weighted by atomic mass is 16.3. The lowest BCUT2D eigenvalue weighted by atomic mass is 10.1. The summed E-state index contributed by atoms with van der Waals surface area (Å²) in [6.07, 6.45) is 17.0. The Hall–Kier alpha value is -1.76. The van der Waals surface area contributed by atoms with Crippen molar-refractivity contribution in [3.8, 4) is 0 Å². The first kappa shape index (κ1) is 9.46. The van der Waals surface area contributed by atoms with Crippen LogP contribution < -0.4 is 10.6 Å². The fourth-order valence-corrected chi connectivity index (χ4v) is 2.20. The Kier molecular flexibility index (Phi) is 2.17. The highest BCUT2D eigenvalue weighted by Gasteiger charge is 2.12. The number of hydrogen-bond donors (Lipinski definition) is 0. The van der Waals surface area contributed by atoms with E-state index in [1.54, 1.807) is 0 Å². The Morgan fingerprint density at radius 3 is 2.94 bits per heavy atom. The summed E-state index contributed by atoms with van der Waals surface area (Å²) < 4.78 is 5.95. The Bertz CT molecular complexity index is 621. The molecule has 0 amide bonds. The summed E-state index contributed by atoms with van der Waals surface area (Å²) in [4.78, 5) is 0. The maximum atomic E-state index is 5.95. The molecule has 0 saturated heterocycles. The van der Waals surface area contributed by atoms with Crippen LogP contribution in [0.1, 0.15) is 31.1 Å². The molecule has 0 N–H and O–H groups in total. The molecule has 1 heterocycles. The molecule has 16 heavy (non-hydrogen) atoms. The zero-order valence-corrected chi connectivity index (χ0v) is 9.36. The van der Waals surface area contributed by atoms with Gasteiger partial charge in [0.15, 0.2) is 0 Å². The van der Waals surface area contributed by atoms with E-state index >= 15 is 0 Å². The molecular weight excluding hydrogens is 196 g/mol. The number of furan rings is 1. The maximum absolute atomic E-state index is 5.95. The van der Waals surface area contributed by atoms with Gasteiger partial charge >= 0.3 is 0 Å². The van der Waals surface area contributed by atoms with Gasteiger partial charge in [-0.25, -0.2) is 0 Å². The van der Waals surface area contributed by atoms with Crippen molar-refractivity contribution in [2.45, 2.75) is 19.8 Å². The summed E-state index contributed by atoms with van der Waals surface area (Å²) in [6, 6.07) is 0. The monoisotopic (exact) mass is 210 g/mol. The Balaban J connectivity index is 2.40. The second kappa shape index (κ2) is 3.67. The second-order valence-electron chi connectivity index (χ2n) is 4.18. The van der Waals surface area contributed by atoms with Crippen molar-refractivity contribution in [1.29, 1.82) is 0 Å². The van der Waals surface area contributed by atoms with E-state index < -0.39 is 0 Å². The Morgan fingerprint density at radius 1 is 1.12 bits per heavy atom. The first-order valence-electron chi connectivity index (χ1n) is 5.70. The molecule has 1 nitrogen and oxygen atoms in total. The predicted octanol–water partition coefficient (Wildman–Crippen LogP) is 2.62. The summed E-state index contributed by atoms with van der Waals surface area (Å²) in [6.45, 7) is 2.12. The molecule has 0 aromatic carbocycles. The van der Waals surface area contributed by atoms with Gasteiger partial charge in [0.1, 0.15) is 11.2 Å². The van der Waals surface area contributed by atoms with Gasteiger partial charge in [-0.05, 0) is 31.4 Å². The van der Waals surface area contributed by atoms with E-state index in [0.29, 0.717) is 0 Å². The lowest BCUT2D eigenvalue weighted by Gasteiger charge is -1.95. The van der Waals surface area contributed by atoms with Crippen LogP contribution in [0, 0.1) is 0 Å². The number of rotatable bonds is 0. The molecule has 1 heteroatoms. The van der Waals surface area contributed by atoms with Crippen LogP contribution in [0.2, 0.25) is 0 Å². The number of hydrogen-bond acceptors (Lipinski definition) is 1. The van der Waals surface area contributed by atoms with E-state index in [9.17, 15) is 0 Å². The van der Waals surface area contributed by atoms with Gasteiger partial charge in [0.05, 0.1) is 0 Å².